The molecule has 2 aliphatic rings. The largest absolute Gasteiger partial charge is 0.450 e. The van der Waals surface area contributed by atoms with Gasteiger partial charge in [-0.25, -0.2) is 4.79 Å². The summed E-state index contributed by atoms with van der Waals surface area (Å²) in [6.07, 6.45) is 8.78. The summed E-state index contributed by atoms with van der Waals surface area (Å²) in [7, 11) is 0. The van der Waals surface area contributed by atoms with Gasteiger partial charge in [0.2, 0.25) is 0 Å². The van der Waals surface area contributed by atoms with Crippen LogP contribution in [0.4, 0.5) is 4.79 Å². The summed E-state index contributed by atoms with van der Waals surface area (Å²) in [5.74, 6) is 0.542. The fraction of sp³-hybridized carbons (Fsp3) is 0.727. The van der Waals surface area contributed by atoms with Crippen LogP contribution in [0.15, 0.2) is 12.2 Å². The maximum absolute atomic E-state index is 11.3. The predicted octanol–water partition coefficient (Wildman–Crippen LogP) is 2.23. The molecule has 1 amide bonds. The number of rotatable bonds is 2. The molecule has 1 fully saturated rings. The second-order valence-electron chi connectivity index (χ2n) is 4.10. The monoisotopic (exact) mass is 195 g/mol. The molecule has 0 saturated heterocycles. The summed E-state index contributed by atoms with van der Waals surface area (Å²) in [6.45, 7) is 2.27. The van der Waals surface area contributed by atoms with E-state index >= 15 is 0 Å². The van der Waals surface area contributed by atoms with Gasteiger partial charge in [0.25, 0.3) is 0 Å². The lowest BCUT2D eigenvalue weighted by Crippen LogP contribution is -2.57. The first-order valence-corrected chi connectivity index (χ1v) is 5.41. The first-order chi connectivity index (χ1) is 6.77. The minimum atomic E-state index is -0.274. The Morgan fingerprint density at radius 3 is 3.07 bits per heavy atom. The fourth-order valence-corrected chi connectivity index (χ4v) is 2.42. The van der Waals surface area contributed by atoms with E-state index in [0.29, 0.717) is 12.5 Å². The second-order valence-corrected chi connectivity index (χ2v) is 4.10. The van der Waals surface area contributed by atoms with E-state index in [1.807, 2.05) is 6.92 Å². The molecule has 0 bridgehead atoms. The Morgan fingerprint density at radius 1 is 1.64 bits per heavy atom. The lowest BCUT2D eigenvalue weighted by molar-refractivity contribution is 0.122. The molecule has 3 heteroatoms. The molecule has 0 aromatic rings. The Bertz CT molecular complexity index is 262. The van der Waals surface area contributed by atoms with Crippen LogP contribution < -0.4 is 5.32 Å². The zero-order valence-corrected chi connectivity index (χ0v) is 8.58. The molecular formula is C11H17NO2. The highest BCUT2D eigenvalue weighted by Gasteiger charge is 2.44. The van der Waals surface area contributed by atoms with Gasteiger partial charge in [-0.2, -0.15) is 0 Å². The normalized spacial score (nSPS) is 34.2. The molecule has 3 nitrogen and oxygen atoms in total. The average molecular weight is 195 g/mol. The first-order valence-electron chi connectivity index (χ1n) is 5.41. The van der Waals surface area contributed by atoms with Gasteiger partial charge in [-0.05, 0) is 19.8 Å². The standard InChI is InChI=1S/C11H17NO2/c1-2-14-10(13)12-11-7-4-3-5-9(11)6-8-11/h6,8-9H,2-5,7H2,1H3,(H,12,13)/t9-,11-/m0/s1. The van der Waals surface area contributed by atoms with Gasteiger partial charge < -0.3 is 10.1 Å². The van der Waals surface area contributed by atoms with Crippen molar-refractivity contribution in [3.05, 3.63) is 12.2 Å². The van der Waals surface area contributed by atoms with E-state index in [4.69, 9.17) is 4.74 Å². The summed E-state index contributed by atoms with van der Waals surface area (Å²) in [4.78, 5) is 11.3. The van der Waals surface area contributed by atoms with Crippen molar-refractivity contribution in [2.24, 2.45) is 5.92 Å². The molecule has 2 atom stereocenters. The van der Waals surface area contributed by atoms with Gasteiger partial charge >= 0.3 is 6.09 Å². The highest BCUT2D eigenvalue weighted by atomic mass is 16.5. The third-order valence-electron chi connectivity index (χ3n) is 3.25. The number of nitrogens with one attached hydrogen (secondary N) is 1. The van der Waals surface area contributed by atoms with Crippen molar-refractivity contribution in [3.63, 3.8) is 0 Å². The van der Waals surface area contributed by atoms with Gasteiger partial charge in [-0.15, -0.1) is 0 Å². The first kappa shape index (κ1) is 9.56. The molecule has 0 aliphatic heterocycles. The van der Waals surface area contributed by atoms with Crippen molar-refractivity contribution in [1.29, 1.82) is 0 Å². The van der Waals surface area contributed by atoms with Crippen molar-refractivity contribution in [2.45, 2.75) is 38.1 Å². The number of alkyl carbamates (subject to hydrolysis) is 1. The van der Waals surface area contributed by atoms with Gasteiger partial charge in [0.15, 0.2) is 0 Å². The number of amides is 1. The van der Waals surface area contributed by atoms with Crippen LogP contribution in [0.1, 0.15) is 32.6 Å². The second kappa shape index (κ2) is 3.64. The van der Waals surface area contributed by atoms with E-state index < -0.39 is 0 Å². The molecule has 0 spiro atoms. The molecule has 1 N–H and O–H groups in total. The topological polar surface area (TPSA) is 38.3 Å². The predicted molar refractivity (Wildman–Crippen MR) is 54.0 cm³/mol. The number of ether oxygens (including phenoxy) is 1. The lowest BCUT2D eigenvalue weighted by Gasteiger charge is -2.47. The number of carbonyl (C=O) groups is 1. The third kappa shape index (κ3) is 1.51. The van der Waals surface area contributed by atoms with Crippen LogP contribution in [0.3, 0.4) is 0 Å². The Balaban J connectivity index is 1.95. The van der Waals surface area contributed by atoms with E-state index in [9.17, 15) is 4.79 Å². The summed E-state index contributed by atoms with van der Waals surface area (Å²) in [6, 6.07) is 0. The van der Waals surface area contributed by atoms with E-state index in [1.54, 1.807) is 0 Å². The number of fused-ring (bicyclic) bond motifs is 1. The molecular weight excluding hydrogens is 178 g/mol. The smallest absolute Gasteiger partial charge is 0.407 e. The maximum Gasteiger partial charge on any atom is 0.407 e. The van der Waals surface area contributed by atoms with Gasteiger partial charge in [0.1, 0.15) is 0 Å². The molecule has 0 radical (unpaired) electrons. The third-order valence-corrected chi connectivity index (χ3v) is 3.25. The molecule has 0 heterocycles. The summed E-state index contributed by atoms with van der Waals surface area (Å²) in [5.41, 5.74) is -0.0650. The Labute approximate surface area is 84.5 Å². The summed E-state index contributed by atoms with van der Waals surface area (Å²) in [5, 5.41) is 2.98. The highest BCUT2D eigenvalue weighted by molar-refractivity contribution is 5.69. The summed E-state index contributed by atoms with van der Waals surface area (Å²) < 4.78 is 4.91. The van der Waals surface area contributed by atoms with E-state index in [-0.39, 0.29) is 11.6 Å². The summed E-state index contributed by atoms with van der Waals surface area (Å²) >= 11 is 0. The minimum Gasteiger partial charge on any atom is -0.450 e. The van der Waals surface area contributed by atoms with Gasteiger partial charge in [0.05, 0.1) is 12.1 Å². The van der Waals surface area contributed by atoms with Crippen LogP contribution in [-0.2, 0) is 4.74 Å². The SMILES string of the molecule is CCOC(=O)N[C@@]12C=C[C@@H]1CCCC2. The Hall–Kier alpha value is -0.990. The number of hydrogen-bond acceptors (Lipinski definition) is 2. The van der Waals surface area contributed by atoms with Crippen LogP contribution >= 0.6 is 0 Å². The minimum absolute atomic E-state index is 0.0650. The molecule has 2 aliphatic carbocycles. The van der Waals surface area contributed by atoms with Crippen molar-refractivity contribution < 1.29 is 9.53 Å². The fourth-order valence-electron chi connectivity index (χ4n) is 2.42. The van der Waals surface area contributed by atoms with Crippen LogP contribution in [-0.4, -0.2) is 18.2 Å². The van der Waals surface area contributed by atoms with Crippen molar-refractivity contribution in [3.8, 4) is 0 Å². The zero-order chi connectivity index (χ0) is 10.0. The van der Waals surface area contributed by atoms with Crippen molar-refractivity contribution in [2.75, 3.05) is 6.61 Å². The van der Waals surface area contributed by atoms with E-state index in [0.717, 1.165) is 6.42 Å². The van der Waals surface area contributed by atoms with E-state index in [2.05, 4.69) is 17.5 Å². The Morgan fingerprint density at radius 2 is 2.50 bits per heavy atom. The number of hydrogen-bond donors (Lipinski definition) is 1. The van der Waals surface area contributed by atoms with Crippen LogP contribution in [0.5, 0.6) is 0 Å². The number of carbonyl (C=O) groups excluding carboxylic acids is 1. The van der Waals surface area contributed by atoms with Crippen LogP contribution in [0.2, 0.25) is 0 Å². The molecule has 78 valence electrons. The quantitative estimate of drug-likeness (QED) is 0.686. The Kier molecular flexibility index (Phi) is 2.48. The van der Waals surface area contributed by atoms with E-state index in [1.165, 1.54) is 19.3 Å². The molecule has 14 heavy (non-hydrogen) atoms. The van der Waals surface area contributed by atoms with Crippen molar-refractivity contribution >= 4 is 6.09 Å². The van der Waals surface area contributed by atoms with Crippen LogP contribution in [0.25, 0.3) is 0 Å². The molecule has 2 rings (SSSR count). The maximum atomic E-state index is 11.3. The van der Waals surface area contributed by atoms with Gasteiger partial charge in [0, 0.05) is 5.92 Å². The molecule has 0 aromatic heterocycles. The highest BCUT2D eigenvalue weighted by Crippen LogP contribution is 2.42. The lowest BCUT2D eigenvalue weighted by atomic mass is 9.65. The zero-order valence-electron chi connectivity index (χ0n) is 8.58. The van der Waals surface area contributed by atoms with Gasteiger partial charge in [-0.3, -0.25) is 0 Å². The average Bonchev–Trinajstić information content (AvgIpc) is 2.12. The molecule has 0 aromatic carbocycles. The molecule has 1 saturated carbocycles. The van der Waals surface area contributed by atoms with Gasteiger partial charge in [-0.1, -0.05) is 25.0 Å². The van der Waals surface area contributed by atoms with Crippen molar-refractivity contribution in [1.82, 2.24) is 5.32 Å². The van der Waals surface area contributed by atoms with Crippen LogP contribution in [0, 0.1) is 5.92 Å². The molecule has 0 unspecified atom stereocenters.